The normalized spacial score (nSPS) is 22.6. The molecular weight excluding hydrogens is 213 g/mol. The predicted molar refractivity (Wildman–Crippen MR) is 54.3 cm³/mol. The summed E-state index contributed by atoms with van der Waals surface area (Å²) in [5.74, 6) is -2.67. The molecule has 4 nitrogen and oxygen atoms in total. The van der Waals surface area contributed by atoms with Gasteiger partial charge in [0.25, 0.3) is 0 Å². The molecule has 1 aliphatic rings. The summed E-state index contributed by atoms with van der Waals surface area (Å²) >= 11 is 0. The maximum atomic E-state index is 12.6. The fourth-order valence-electron chi connectivity index (χ4n) is 1.53. The first-order valence-electron chi connectivity index (χ1n) is 4.87. The van der Waals surface area contributed by atoms with Crippen LogP contribution >= 0.6 is 0 Å². The first-order chi connectivity index (χ1) is 7.58. The van der Waals surface area contributed by atoms with Crippen LogP contribution in [0.5, 0.6) is 0 Å². The summed E-state index contributed by atoms with van der Waals surface area (Å²) in [6.45, 7) is 0. The van der Waals surface area contributed by atoms with E-state index in [1.165, 1.54) is 24.3 Å². The first-order valence-corrected chi connectivity index (χ1v) is 4.87. The Morgan fingerprint density at radius 3 is 2.38 bits per heavy atom. The van der Waals surface area contributed by atoms with Crippen LogP contribution in [0.2, 0.25) is 0 Å². The molecule has 1 aromatic rings. The van der Waals surface area contributed by atoms with Crippen LogP contribution in [0.3, 0.4) is 0 Å². The smallest absolute Gasteiger partial charge is 0.307 e. The van der Waals surface area contributed by atoms with E-state index in [-0.39, 0.29) is 11.7 Å². The minimum Gasteiger partial charge on any atom is -0.481 e. The summed E-state index contributed by atoms with van der Waals surface area (Å²) in [6, 6.07) is 5.34. The molecule has 0 heterocycles. The molecule has 5 heteroatoms. The number of amides is 1. The van der Waals surface area contributed by atoms with Gasteiger partial charge in [-0.25, -0.2) is 4.39 Å². The van der Waals surface area contributed by atoms with Gasteiger partial charge in [0.1, 0.15) is 5.82 Å². The number of hydrogen-bond donors (Lipinski definition) is 2. The van der Waals surface area contributed by atoms with Crippen LogP contribution in [0.1, 0.15) is 6.42 Å². The van der Waals surface area contributed by atoms with Crippen LogP contribution in [0, 0.1) is 17.7 Å². The van der Waals surface area contributed by atoms with E-state index in [4.69, 9.17) is 5.11 Å². The highest BCUT2D eigenvalue weighted by Crippen LogP contribution is 2.39. The van der Waals surface area contributed by atoms with E-state index in [1.807, 2.05) is 0 Å². The number of hydrogen-bond acceptors (Lipinski definition) is 2. The Kier molecular flexibility index (Phi) is 2.60. The molecule has 2 N–H and O–H groups in total. The molecule has 0 spiro atoms. The van der Waals surface area contributed by atoms with Crippen molar-refractivity contribution in [1.82, 2.24) is 0 Å². The van der Waals surface area contributed by atoms with Crippen molar-refractivity contribution in [2.24, 2.45) is 11.8 Å². The van der Waals surface area contributed by atoms with Gasteiger partial charge in [-0.3, -0.25) is 9.59 Å². The molecule has 0 saturated heterocycles. The Morgan fingerprint density at radius 1 is 1.25 bits per heavy atom. The number of carbonyl (C=O) groups excluding carboxylic acids is 1. The minimum absolute atomic E-state index is 0.320. The molecule has 1 aliphatic carbocycles. The Morgan fingerprint density at radius 2 is 1.88 bits per heavy atom. The van der Waals surface area contributed by atoms with Crippen molar-refractivity contribution >= 4 is 17.6 Å². The van der Waals surface area contributed by atoms with E-state index in [1.54, 1.807) is 0 Å². The van der Waals surface area contributed by atoms with E-state index >= 15 is 0 Å². The van der Waals surface area contributed by atoms with Crippen LogP contribution in [0.4, 0.5) is 10.1 Å². The second-order valence-corrected chi connectivity index (χ2v) is 3.78. The van der Waals surface area contributed by atoms with Gasteiger partial charge in [0.2, 0.25) is 5.91 Å². The topological polar surface area (TPSA) is 66.4 Å². The molecule has 16 heavy (non-hydrogen) atoms. The van der Waals surface area contributed by atoms with Gasteiger partial charge in [0.15, 0.2) is 0 Å². The molecule has 0 radical (unpaired) electrons. The van der Waals surface area contributed by atoms with E-state index < -0.39 is 17.8 Å². The third-order valence-electron chi connectivity index (χ3n) is 2.56. The lowest BCUT2D eigenvalue weighted by Gasteiger charge is -2.03. The average molecular weight is 223 g/mol. The molecule has 2 rings (SSSR count). The highest BCUT2D eigenvalue weighted by Gasteiger charge is 2.48. The predicted octanol–water partition coefficient (Wildman–Crippen LogP) is 1.48. The second-order valence-electron chi connectivity index (χ2n) is 3.78. The lowest BCUT2D eigenvalue weighted by molar-refractivity contribution is -0.139. The molecule has 2 atom stereocenters. The zero-order chi connectivity index (χ0) is 11.7. The lowest BCUT2D eigenvalue weighted by Crippen LogP contribution is -2.16. The maximum Gasteiger partial charge on any atom is 0.307 e. The number of carboxylic acids is 1. The Balaban J connectivity index is 1.94. The molecular formula is C11H10FNO3. The molecule has 0 unspecified atom stereocenters. The fourth-order valence-corrected chi connectivity index (χ4v) is 1.53. The highest BCUT2D eigenvalue weighted by atomic mass is 19.1. The van der Waals surface area contributed by atoms with E-state index in [2.05, 4.69) is 5.32 Å². The molecule has 1 fully saturated rings. The van der Waals surface area contributed by atoms with Crippen LogP contribution < -0.4 is 5.32 Å². The number of aliphatic carboxylic acids is 1. The van der Waals surface area contributed by atoms with Crippen LogP contribution in [0.15, 0.2) is 24.3 Å². The van der Waals surface area contributed by atoms with Crippen molar-refractivity contribution in [3.05, 3.63) is 30.1 Å². The number of anilines is 1. The third-order valence-corrected chi connectivity index (χ3v) is 2.56. The minimum atomic E-state index is -0.945. The van der Waals surface area contributed by atoms with Gasteiger partial charge >= 0.3 is 5.97 Å². The zero-order valence-corrected chi connectivity index (χ0v) is 8.31. The van der Waals surface area contributed by atoms with Gasteiger partial charge in [0.05, 0.1) is 11.8 Å². The van der Waals surface area contributed by atoms with Crippen LogP contribution in [-0.2, 0) is 9.59 Å². The summed E-state index contributed by atoms with van der Waals surface area (Å²) in [5.41, 5.74) is 0.474. The molecule has 1 aromatic carbocycles. The lowest BCUT2D eigenvalue weighted by atomic mass is 10.2. The van der Waals surface area contributed by atoms with Crippen molar-refractivity contribution in [1.29, 1.82) is 0 Å². The van der Waals surface area contributed by atoms with Gasteiger partial charge in [-0.1, -0.05) is 0 Å². The fraction of sp³-hybridized carbons (Fsp3) is 0.273. The quantitative estimate of drug-likeness (QED) is 0.815. The second kappa shape index (κ2) is 3.92. The Bertz CT molecular complexity index is 429. The number of rotatable bonds is 3. The molecule has 1 amide bonds. The molecule has 1 saturated carbocycles. The van der Waals surface area contributed by atoms with Crippen molar-refractivity contribution in [3.8, 4) is 0 Å². The Hall–Kier alpha value is -1.91. The van der Waals surface area contributed by atoms with Gasteiger partial charge < -0.3 is 10.4 Å². The van der Waals surface area contributed by atoms with Gasteiger partial charge in [-0.05, 0) is 30.7 Å². The SMILES string of the molecule is O=C(O)[C@H]1C[C@H]1C(=O)Nc1ccc(F)cc1. The summed E-state index contributed by atoms with van der Waals surface area (Å²) < 4.78 is 12.6. The van der Waals surface area contributed by atoms with Crippen LogP contribution in [-0.4, -0.2) is 17.0 Å². The number of halogens is 1. The number of carboxylic acid groups (broad SMARTS) is 1. The largest absolute Gasteiger partial charge is 0.481 e. The van der Waals surface area contributed by atoms with Crippen molar-refractivity contribution in [2.75, 3.05) is 5.32 Å². The summed E-state index contributed by atoms with van der Waals surface area (Å²) in [6.07, 6.45) is 0.377. The van der Waals surface area contributed by atoms with E-state index in [9.17, 15) is 14.0 Å². The molecule has 0 aromatic heterocycles. The van der Waals surface area contributed by atoms with Gasteiger partial charge in [0, 0.05) is 5.69 Å². The summed E-state index contributed by atoms with van der Waals surface area (Å²) in [5, 5.41) is 11.2. The van der Waals surface area contributed by atoms with Gasteiger partial charge in [-0.2, -0.15) is 0 Å². The third kappa shape index (κ3) is 2.18. The zero-order valence-electron chi connectivity index (χ0n) is 8.31. The van der Waals surface area contributed by atoms with E-state index in [0.29, 0.717) is 12.1 Å². The highest BCUT2D eigenvalue weighted by molar-refractivity contribution is 5.98. The van der Waals surface area contributed by atoms with Crippen molar-refractivity contribution in [3.63, 3.8) is 0 Å². The van der Waals surface area contributed by atoms with Crippen LogP contribution in [0.25, 0.3) is 0 Å². The summed E-state index contributed by atoms with van der Waals surface area (Å²) in [4.78, 5) is 22.1. The van der Waals surface area contributed by atoms with E-state index in [0.717, 1.165) is 0 Å². The average Bonchev–Trinajstić information content (AvgIpc) is 3.01. The van der Waals surface area contributed by atoms with Gasteiger partial charge in [-0.15, -0.1) is 0 Å². The molecule has 84 valence electrons. The maximum absolute atomic E-state index is 12.6. The number of benzene rings is 1. The van der Waals surface area contributed by atoms with Crippen molar-refractivity contribution < 1.29 is 19.1 Å². The number of nitrogens with one attached hydrogen (secondary N) is 1. The standard InChI is InChI=1S/C11H10FNO3/c12-6-1-3-7(4-2-6)13-10(14)8-5-9(8)11(15)16/h1-4,8-9H,5H2,(H,13,14)(H,15,16)/t8-,9+/m1/s1. The number of carbonyl (C=O) groups is 2. The molecule has 0 aliphatic heterocycles. The Labute approximate surface area is 91.1 Å². The van der Waals surface area contributed by atoms with Crippen molar-refractivity contribution in [2.45, 2.75) is 6.42 Å². The monoisotopic (exact) mass is 223 g/mol. The summed E-state index contributed by atoms with van der Waals surface area (Å²) in [7, 11) is 0. The first kappa shape index (κ1) is 10.6. The molecule has 0 bridgehead atoms.